The van der Waals surface area contributed by atoms with Crippen molar-refractivity contribution in [2.24, 2.45) is 5.92 Å². The number of ether oxygens (including phenoxy) is 1. The van der Waals surface area contributed by atoms with Crippen LogP contribution in [-0.4, -0.2) is 12.1 Å². The zero-order valence-corrected chi connectivity index (χ0v) is 9.54. The minimum absolute atomic E-state index is 0.00284. The molecule has 86 valence electrons. The Kier molecular flexibility index (Phi) is 4.04. The highest BCUT2D eigenvalue weighted by atomic mass is 16.6. The van der Waals surface area contributed by atoms with E-state index in [1.54, 1.807) is 0 Å². The van der Waals surface area contributed by atoms with Gasteiger partial charge in [-0.1, -0.05) is 51.4 Å². The van der Waals surface area contributed by atoms with Crippen LogP contribution in [0.15, 0.2) is 0 Å². The standard InChI is InChI=1S/C13H22O2/c14-13-10-12(15-13)9-11-7-5-3-1-2-4-6-8-11/h11-12H,1-10H2/t12-/m1/s1. The van der Waals surface area contributed by atoms with Gasteiger partial charge in [0, 0.05) is 0 Å². The van der Waals surface area contributed by atoms with E-state index in [-0.39, 0.29) is 12.1 Å². The first-order chi connectivity index (χ1) is 7.34. The summed E-state index contributed by atoms with van der Waals surface area (Å²) in [6.07, 6.45) is 13.2. The molecule has 0 aromatic carbocycles. The fourth-order valence-corrected chi connectivity index (χ4v) is 2.82. The Morgan fingerprint density at radius 1 is 1.00 bits per heavy atom. The van der Waals surface area contributed by atoms with Gasteiger partial charge in [0.15, 0.2) is 0 Å². The molecule has 1 atom stereocenters. The van der Waals surface area contributed by atoms with Gasteiger partial charge in [-0.25, -0.2) is 0 Å². The minimum atomic E-state index is 0.00284. The Balaban J connectivity index is 1.70. The molecule has 0 aromatic rings. The summed E-state index contributed by atoms with van der Waals surface area (Å²) >= 11 is 0. The van der Waals surface area contributed by atoms with Crippen molar-refractivity contribution in [3.63, 3.8) is 0 Å². The highest BCUT2D eigenvalue weighted by Gasteiger charge is 2.30. The van der Waals surface area contributed by atoms with Gasteiger partial charge in [-0.2, -0.15) is 0 Å². The SMILES string of the molecule is O=C1C[C@@H](CC2CCCCCCCC2)O1. The lowest BCUT2D eigenvalue weighted by Crippen LogP contribution is -2.34. The van der Waals surface area contributed by atoms with Crippen LogP contribution in [0.25, 0.3) is 0 Å². The highest BCUT2D eigenvalue weighted by molar-refractivity contribution is 5.75. The summed E-state index contributed by atoms with van der Waals surface area (Å²) in [6.45, 7) is 0. The molecular weight excluding hydrogens is 188 g/mol. The Labute approximate surface area is 92.4 Å². The molecule has 2 aliphatic rings. The van der Waals surface area contributed by atoms with E-state index in [1.807, 2.05) is 0 Å². The largest absolute Gasteiger partial charge is 0.462 e. The summed E-state index contributed by atoms with van der Waals surface area (Å²) in [7, 11) is 0. The van der Waals surface area contributed by atoms with Gasteiger partial charge in [-0.3, -0.25) is 4.79 Å². The molecule has 2 nitrogen and oxygen atoms in total. The third-order valence-electron chi connectivity index (χ3n) is 3.76. The first-order valence-electron chi connectivity index (χ1n) is 6.54. The molecule has 1 heterocycles. The Morgan fingerprint density at radius 3 is 2.07 bits per heavy atom. The van der Waals surface area contributed by atoms with E-state index in [1.165, 1.54) is 51.4 Å². The van der Waals surface area contributed by atoms with Gasteiger partial charge in [0.05, 0.1) is 6.42 Å². The van der Waals surface area contributed by atoms with E-state index in [0.29, 0.717) is 6.42 Å². The van der Waals surface area contributed by atoms with Gasteiger partial charge < -0.3 is 4.74 Å². The van der Waals surface area contributed by atoms with Gasteiger partial charge in [0.1, 0.15) is 6.10 Å². The van der Waals surface area contributed by atoms with E-state index in [4.69, 9.17) is 4.74 Å². The highest BCUT2D eigenvalue weighted by Crippen LogP contribution is 2.29. The molecule has 2 fully saturated rings. The van der Waals surface area contributed by atoms with Gasteiger partial charge in [0.25, 0.3) is 0 Å². The van der Waals surface area contributed by atoms with Crippen molar-refractivity contribution in [1.29, 1.82) is 0 Å². The van der Waals surface area contributed by atoms with Gasteiger partial charge >= 0.3 is 5.97 Å². The Bertz CT molecular complexity index is 195. The summed E-state index contributed by atoms with van der Waals surface area (Å²) in [5.41, 5.74) is 0. The molecule has 15 heavy (non-hydrogen) atoms. The second-order valence-corrected chi connectivity index (χ2v) is 5.12. The molecular formula is C13H22O2. The maximum Gasteiger partial charge on any atom is 0.309 e. The van der Waals surface area contributed by atoms with Crippen molar-refractivity contribution in [3.05, 3.63) is 0 Å². The average Bonchev–Trinajstić information content (AvgIpc) is 2.29. The van der Waals surface area contributed by atoms with Crippen molar-refractivity contribution in [2.45, 2.75) is 70.3 Å². The average molecular weight is 210 g/mol. The second-order valence-electron chi connectivity index (χ2n) is 5.12. The van der Waals surface area contributed by atoms with Crippen LogP contribution >= 0.6 is 0 Å². The van der Waals surface area contributed by atoms with Crippen molar-refractivity contribution < 1.29 is 9.53 Å². The molecule has 0 N–H and O–H groups in total. The lowest BCUT2D eigenvalue weighted by molar-refractivity contribution is -0.171. The number of rotatable bonds is 2. The summed E-state index contributed by atoms with van der Waals surface area (Å²) < 4.78 is 5.11. The molecule has 0 bridgehead atoms. The van der Waals surface area contributed by atoms with E-state index in [2.05, 4.69) is 0 Å². The maximum atomic E-state index is 10.7. The molecule has 1 aliphatic carbocycles. The Hall–Kier alpha value is -0.530. The predicted molar refractivity (Wildman–Crippen MR) is 59.5 cm³/mol. The second kappa shape index (κ2) is 5.53. The summed E-state index contributed by atoms with van der Waals surface area (Å²) in [5.74, 6) is 0.823. The quantitative estimate of drug-likeness (QED) is 0.653. The smallest absolute Gasteiger partial charge is 0.309 e. The van der Waals surface area contributed by atoms with Crippen molar-refractivity contribution in [1.82, 2.24) is 0 Å². The van der Waals surface area contributed by atoms with E-state index in [0.717, 1.165) is 12.3 Å². The van der Waals surface area contributed by atoms with Crippen LogP contribution in [0.4, 0.5) is 0 Å². The number of cyclic esters (lactones) is 1. The number of hydrogen-bond acceptors (Lipinski definition) is 2. The zero-order chi connectivity index (χ0) is 10.5. The first kappa shape index (κ1) is 11.0. The van der Waals surface area contributed by atoms with E-state index in [9.17, 15) is 4.79 Å². The number of carbonyl (C=O) groups excluding carboxylic acids is 1. The third-order valence-corrected chi connectivity index (χ3v) is 3.76. The van der Waals surface area contributed by atoms with Crippen molar-refractivity contribution in [3.8, 4) is 0 Å². The normalized spacial score (nSPS) is 29.6. The fourth-order valence-electron chi connectivity index (χ4n) is 2.82. The molecule has 0 spiro atoms. The number of hydrogen-bond donors (Lipinski definition) is 0. The first-order valence-corrected chi connectivity index (χ1v) is 6.54. The number of esters is 1. The van der Waals surface area contributed by atoms with Crippen LogP contribution in [0.2, 0.25) is 0 Å². The van der Waals surface area contributed by atoms with Crippen LogP contribution in [0, 0.1) is 5.92 Å². The van der Waals surface area contributed by atoms with Crippen LogP contribution in [0.3, 0.4) is 0 Å². The lowest BCUT2D eigenvalue weighted by atomic mass is 9.89. The molecule has 0 radical (unpaired) electrons. The molecule has 0 amide bonds. The van der Waals surface area contributed by atoms with Crippen LogP contribution in [0.1, 0.15) is 64.2 Å². The van der Waals surface area contributed by atoms with Gasteiger partial charge in [-0.15, -0.1) is 0 Å². The fraction of sp³-hybridized carbons (Fsp3) is 0.923. The minimum Gasteiger partial charge on any atom is -0.462 e. The Morgan fingerprint density at radius 2 is 1.53 bits per heavy atom. The van der Waals surface area contributed by atoms with Gasteiger partial charge in [0.2, 0.25) is 0 Å². The van der Waals surface area contributed by atoms with Crippen LogP contribution in [-0.2, 0) is 9.53 Å². The lowest BCUT2D eigenvalue weighted by Gasteiger charge is -2.29. The molecule has 2 rings (SSSR count). The van der Waals surface area contributed by atoms with Gasteiger partial charge in [-0.05, 0) is 12.3 Å². The predicted octanol–water partition coefficient (Wildman–Crippen LogP) is 3.44. The maximum absolute atomic E-state index is 10.7. The molecule has 0 unspecified atom stereocenters. The van der Waals surface area contributed by atoms with E-state index >= 15 is 0 Å². The molecule has 1 saturated heterocycles. The van der Waals surface area contributed by atoms with Crippen LogP contribution < -0.4 is 0 Å². The molecule has 0 aromatic heterocycles. The number of carbonyl (C=O) groups is 1. The molecule has 1 saturated carbocycles. The monoisotopic (exact) mass is 210 g/mol. The summed E-state index contributed by atoms with van der Waals surface area (Å²) in [6, 6.07) is 0. The zero-order valence-electron chi connectivity index (χ0n) is 9.54. The third kappa shape index (κ3) is 3.51. The topological polar surface area (TPSA) is 26.3 Å². The summed E-state index contributed by atoms with van der Waals surface area (Å²) in [5, 5.41) is 0. The van der Waals surface area contributed by atoms with Crippen molar-refractivity contribution in [2.75, 3.05) is 0 Å². The summed E-state index contributed by atoms with van der Waals surface area (Å²) in [4.78, 5) is 10.7. The molecule has 2 heteroatoms. The van der Waals surface area contributed by atoms with Crippen molar-refractivity contribution >= 4 is 5.97 Å². The molecule has 1 aliphatic heterocycles. The van der Waals surface area contributed by atoms with Crippen LogP contribution in [0.5, 0.6) is 0 Å². The van der Waals surface area contributed by atoms with E-state index < -0.39 is 0 Å².